The van der Waals surface area contributed by atoms with Gasteiger partial charge in [0, 0.05) is 31.9 Å². The summed E-state index contributed by atoms with van der Waals surface area (Å²) >= 11 is 0. The van der Waals surface area contributed by atoms with E-state index in [-0.39, 0.29) is 6.03 Å². The largest absolute Gasteiger partial charge is 0.351 e. The molecule has 2 amide bonds. The average molecular weight is 348 g/mol. The van der Waals surface area contributed by atoms with Crippen molar-refractivity contribution in [2.75, 3.05) is 36.4 Å². The Labute approximate surface area is 149 Å². The van der Waals surface area contributed by atoms with Crippen molar-refractivity contribution in [3.8, 4) is 6.07 Å². The Morgan fingerprint density at radius 1 is 1.12 bits per heavy atom. The van der Waals surface area contributed by atoms with E-state index in [9.17, 15) is 4.79 Å². The number of urea groups is 1. The van der Waals surface area contributed by atoms with Crippen LogP contribution in [0.5, 0.6) is 0 Å². The Morgan fingerprint density at radius 3 is 2.62 bits per heavy atom. The lowest BCUT2D eigenvalue weighted by atomic mass is 10.2. The molecule has 0 aliphatic carbocycles. The van der Waals surface area contributed by atoms with Gasteiger partial charge in [0.2, 0.25) is 0 Å². The Bertz CT molecular complexity index is 966. The number of aromatic nitrogens is 4. The summed E-state index contributed by atoms with van der Waals surface area (Å²) < 4.78 is 0. The Balaban J connectivity index is 1.39. The highest BCUT2D eigenvalue weighted by Crippen LogP contribution is 2.21. The van der Waals surface area contributed by atoms with Crippen LogP contribution in [0, 0.1) is 11.3 Å². The van der Waals surface area contributed by atoms with Crippen LogP contribution in [0.2, 0.25) is 0 Å². The first-order valence-electron chi connectivity index (χ1n) is 8.20. The minimum Gasteiger partial charge on any atom is -0.351 e. The van der Waals surface area contributed by atoms with Gasteiger partial charge in [0.05, 0.1) is 18.0 Å². The normalized spacial score (nSPS) is 14.3. The first kappa shape index (κ1) is 15.8. The molecule has 2 aromatic heterocycles. The molecule has 3 heterocycles. The van der Waals surface area contributed by atoms with Gasteiger partial charge in [-0.15, -0.1) is 0 Å². The van der Waals surface area contributed by atoms with Crippen LogP contribution in [0.3, 0.4) is 0 Å². The highest BCUT2D eigenvalue weighted by atomic mass is 16.2. The van der Waals surface area contributed by atoms with Gasteiger partial charge in [-0.2, -0.15) is 5.26 Å². The number of carbonyl (C=O) groups excluding carboxylic acids is 1. The molecule has 1 aromatic carbocycles. The summed E-state index contributed by atoms with van der Waals surface area (Å²) in [7, 11) is 0. The molecule has 0 saturated carbocycles. The van der Waals surface area contributed by atoms with E-state index in [1.807, 2.05) is 0 Å². The lowest BCUT2D eigenvalue weighted by molar-refractivity contribution is 0.208. The average Bonchev–Trinajstić information content (AvgIpc) is 3.17. The second kappa shape index (κ2) is 6.68. The minimum atomic E-state index is -0.149. The number of fused-ring (bicyclic) bond motifs is 1. The molecule has 4 rings (SSSR count). The maximum absolute atomic E-state index is 12.4. The van der Waals surface area contributed by atoms with E-state index in [1.165, 1.54) is 6.33 Å². The maximum atomic E-state index is 12.4. The lowest BCUT2D eigenvalue weighted by Gasteiger charge is -2.35. The van der Waals surface area contributed by atoms with Gasteiger partial charge in [-0.3, -0.25) is 0 Å². The number of benzene rings is 1. The molecule has 9 heteroatoms. The zero-order valence-electron chi connectivity index (χ0n) is 13.9. The summed E-state index contributed by atoms with van der Waals surface area (Å²) in [5, 5.41) is 11.7. The van der Waals surface area contributed by atoms with Crippen molar-refractivity contribution in [1.82, 2.24) is 24.8 Å². The van der Waals surface area contributed by atoms with Crippen LogP contribution in [0.1, 0.15) is 5.56 Å². The Morgan fingerprint density at radius 2 is 1.88 bits per heavy atom. The second-order valence-corrected chi connectivity index (χ2v) is 5.89. The highest BCUT2D eigenvalue weighted by Gasteiger charge is 2.23. The van der Waals surface area contributed by atoms with Crippen molar-refractivity contribution in [2.45, 2.75) is 0 Å². The molecule has 9 nitrogen and oxygen atoms in total. The van der Waals surface area contributed by atoms with Gasteiger partial charge < -0.3 is 20.1 Å². The number of carbonyl (C=O) groups is 1. The molecule has 0 bridgehead atoms. The molecule has 1 aliphatic heterocycles. The molecule has 1 fully saturated rings. The van der Waals surface area contributed by atoms with Gasteiger partial charge in [0.15, 0.2) is 11.5 Å². The number of hydrogen-bond acceptors (Lipinski definition) is 6. The Hall–Kier alpha value is -3.67. The molecule has 2 N–H and O–H groups in total. The summed E-state index contributed by atoms with van der Waals surface area (Å²) in [6.07, 6.45) is 3.10. The van der Waals surface area contributed by atoms with E-state index >= 15 is 0 Å². The number of rotatable bonds is 2. The Kier molecular flexibility index (Phi) is 4.07. The first-order chi connectivity index (χ1) is 12.7. The SMILES string of the molecule is N#Cc1ccc(NC(=O)N2CCN(c3ncnc4nc[nH]c34)CC2)cc1. The fourth-order valence-electron chi connectivity index (χ4n) is 2.94. The van der Waals surface area contributed by atoms with Gasteiger partial charge in [0.25, 0.3) is 0 Å². The summed E-state index contributed by atoms with van der Waals surface area (Å²) in [4.78, 5) is 32.0. The number of anilines is 2. The zero-order chi connectivity index (χ0) is 17.9. The van der Waals surface area contributed by atoms with Crippen LogP contribution < -0.4 is 10.2 Å². The zero-order valence-corrected chi connectivity index (χ0v) is 13.9. The monoisotopic (exact) mass is 348 g/mol. The van der Waals surface area contributed by atoms with Crippen molar-refractivity contribution >= 4 is 28.7 Å². The van der Waals surface area contributed by atoms with Crippen molar-refractivity contribution in [1.29, 1.82) is 5.26 Å². The molecule has 0 atom stereocenters. The number of H-pyrrole nitrogens is 1. The molecule has 0 radical (unpaired) electrons. The van der Waals surface area contributed by atoms with Crippen LogP contribution in [-0.4, -0.2) is 57.0 Å². The molecule has 26 heavy (non-hydrogen) atoms. The van der Waals surface area contributed by atoms with E-state index in [0.29, 0.717) is 43.1 Å². The fraction of sp³-hybridized carbons (Fsp3) is 0.235. The number of nitrogens with one attached hydrogen (secondary N) is 2. The van der Waals surface area contributed by atoms with Crippen LogP contribution in [-0.2, 0) is 0 Å². The van der Waals surface area contributed by atoms with Gasteiger partial charge in [-0.25, -0.2) is 19.7 Å². The predicted octanol–water partition coefficient (Wildman–Crippen LogP) is 1.58. The van der Waals surface area contributed by atoms with Crippen molar-refractivity contribution in [2.24, 2.45) is 0 Å². The smallest absolute Gasteiger partial charge is 0.321 e. The van der Waals surface area contributed by atoms with Crippen LogP contribution in [0.25, 0.3) is 11.2 Å². The molecular weight excluding hydrogens is 332 g/mol. The highest BCUT2D eigenvalue weighted by molar-refractivity contribution is 5.89. The summed E-state index contributed by atoms with van der Waals surface area (Å²) in [6.45, 7) is 2.52. The quantitative estimate of drug-likeness (QED) is 0.727. The molecule has 130 valence electrons. The van der Waals surface area contributed by atoms with Gasteiger partial charge in [0.1, 0.15) is 11.8 Å². The third kappa shape index (κ3) is 3.00. The molecule has 1 aliphatic rings. The fourth-order valence-corrected chi connectivity index (χ4v) is 2.94. The number of nitriles is 1. The topological polar surface area (TPSA) is 114 Å². The van der Waals surface area contributed by atoms with Gasteiger partial charge >= 0.3 is 6.03 Å². The van der Waals surface area contributed by atoms with Crippen molar-refractivity contribution < 1.29 is 4.79 Å². The van der Waals surface area contributed by atoms with E-state index in [2.05, 4.69) is 36.2 Å². The number of imidazole rings is 1. The van der Waals surface area contributed by atoms with Crippen LogP contribution >= 0.6 is 0 Å². The molecule has 0 unspecified atom stereocenters. The number of nitrogens with zero attached hydrogens (tertiary/aromatic N) is 6. The molecule has 0 spiro atoms. The third-order valence-electron chi connectivity index (χ3n) is 4.33. The minimum absolute atomic E-state index is 0.149. The molecular formula is C17H16N8O. The number of amides is 2. The van der Waals surface area contributed by atoms with Crippen molar-refractivity contribution in [3.05, 3.63) is 42.5 Å². The van der Waals surface area contributed by atoms with E-state index in [4.69, 9.17) is 5.26 Å². The number of hydrogen-bond donors (Lipinski definition) is 2. The standard InChI is InChI=1S/C17H16N8O/c18-9-12-1-3-13(4-2-12)23-17(26)25-7-5-24(6-8-25)16-14-15(20-10-19-14)21-11-22-16/h1-4,10-11H,5-8H2,(H,23,26)(H,19,20,21,22). The van der Waals surface area contributed by atoms with E-state index < -0.39 is 0 Å². The van der Waals surface area contributed by atoms with E-state index in [0.717, 1.165) is 11.3 Å². The lowest BCUT2D eigenvalue weighted by Crippen LogP contribution is -2.50. The van der Waals surface area contributed by atoms with Crippen LogP contribution in [0.15, 0.2) is 36.9 Å². The summed E-state index contributed by atoms with van der Waals surface area (Å²) in [6, 6.07) is 8.71. The number of aromatic amines is 1. The van der Waals surface area contributed by atoms with Crippen LogP contribution in [0.4, 0.5) is 16.3 Å². The first-order valence-corrected chi connectivity index (χ1v) is 8.20. The third-order valence-corrected chi connectivity index (χ3v) is 4.33. The molecule has 1 saturated heterocycles. The molecule has 3 aromatic rings. The van der Waals surface area contributed by atoms with Crippen molar-refractivity contribution in [3.63, 3.8) is 0 Å². The second-order valence-electron chi connectivity index (χ2n) is 5.89. The summed E-state index contributed by atoms with van der Waals surface area (Å²) in [5.74, 6) is 0.805. The van der Waals surface area contributed by atoms with E-state index in [1.54, 1.807) is 35.5 Å². The predicted molar refractivity (Wildman–Crippen MR) is 95.6 cm³/mol. The van der Waals surface area contributed by atoms with Gasteiger partial charge in [-0.05, 0) is 24.3 Å². The van der Waals surface area contributed by atoms with Gasteiger partial charge in [-0.1, -0.05) is 0 Å². The summed E-state index contributed by atoms with van der Waals surface area (Å²) in [5.41, 5.74) is 2.68. The maximum Gasteiger partial charge on any atom is 0.321 e. The number of piperazine rings is 1.